The van der Waals surface area contributed by atoms with E-state index in [4.69, 9.17) is 4.74 Å². The molecule has 0 bridgehead atoms. The van der Waals surface area contributed by atoms with Crippen LogP contribution in [0.1, 0.15) is 125 Å². The Morgan fingerprint density at radius 1 is 0.708 bits per heavy atom. The highest BCUT2D eigenvalue weighted by Gasteiger charge is 2.03. The molecule has 0 fully saturated rings. The Bertz CT molecular complexity index is 253. The van der Waals surface area contributed by atoms with Gasteiger partial charge in [-0.1, -0.05) is 106 Å². The number of rotatable bonds is 13. The Morgan fingerprint density at radius 2 is 1.12 bits per heavy atom. The molecule has 2 heteroatoms. The Balaban J connectivity index is 0. The van der Waals surface area contributed by atoms with Crippen LogP contribution in [-0.4, -0.2) is 12.6 Å². The Labute approximate surface area is 153 Å². The van der Waals surface area contributed by atoms with Crippen molar-refractivity contribution in [3.8, 4) is 0 Å². The first kappa shape index (κ1) is 25.7. The zero-order valence-corrected chi connectivity index (χ0v) is 17.7. The van der Waals surface area contributed by atoms with Crippen LogP contribution in [0.15, 0.2) is 0 Å². The number of ether oxygens (including phenoxy) is 1. The molecule has 0 saturated carbocycles. The summed E-state index contributed by atoms with van der Waals surface area (Å²) < 4.78 is 5.22. The van der Waals surface area contributed by atoms with Gasteiger partial charge in [0.2, 0.25) is 0 Å². The predicted octanol–water partition coefficient (Wildman–Crippen LogP) is 7.69. The van der Waals surface area contributed by atoms with Crippen LogP contribution in [0.3, 0.4) is 0 Å². The van der Waals surface area contributed by atoms with Crippen LogP contribution >= 0.6 is 0 Å². The summed E-state index contributed by atoms with van der Waals surface area (Å²) in [4.78, 5) is 11.4. The van der Waals surface area contributed by atoms with Gasteiger partial charge in [0.25, 0.3) is 0 Å². The van der Waals surface area contributed by atoms with Crippen molar-refractivity contribution in [2.75, 3.05) is 6.61 Å². The molecular formula is C22H46O2. The van der Waals surface area contributed by atoms with E-state index >= 15 is 0 Å². The second kappa shape index (κ2) is 18.8. The van der Waals surface area contributed by atoms with Gasteiger partial charge in [-0.25, -0.2) is 0 Å². The second-order valence-electron chi connectivity index (χ2n) is 8.07. The van der Waals surface area contributed by atoms with Gasteiger partial charge in [-0.2, -0.15) is 0 Å². The lowest BCUT2D eigenvalue weighted by Gasteiger charge is -2.12. The second-order valence-corrected chi connectivity index (χ2v) is 8.07. The van der Waals surface area contributed by atoms with Crippen molar-refractivity contribution in [1.29, 1.82) is 0 Å². The Kier molecular flexibility index (Phi) is 20.1. The molecule has 0 atom stereocenters. The molecule has 0 heterocycles. The van der Waals surface area contributed by atoms with E-state index in [9.17, 15) is 4.79 Å². The van der Waals surface area contributed by atoms with Gasteiger partial charge in [-0.3, -0.25) is 4.79 Å². The standard InChI is InChI=1S/C16H32O2.C6H14/c1-3-5-7-9-11-13-15-18-16(17)14-12-10-8-6-4-2;1-5-6(2,3)4/h3-15H2,1-2H3;5H2,1-4H3. The van der Waals surface area contributed by atoms with Crippen molar-refractivity contribution in [2.24, 2.45) is 5.41 Å². The van der Waals surface area contributed by atoms with Crippen molar-refractivity contribution in [3.05, 3.63) is 0 Å². The predicted molar refractivity (Wildman–Crippen MR) is 107 cm³/mol. The molecule has 0 spiro atoms. The fourth-order valence-corrected chi connectivity index (χ4v) is 2.01. The van der Waals surface area contributed by atoms with Gasteiger partial charge in [0, 0.05) is 6.42 Å². The topological polar surface area (TPSA) is 26.3 Å². The van der Waals surface area contributed by atoms with E-state index in [-0.39, 0.29) is 5.97 Å². The summed E-state index contributed by atoms with van der Waals surface area (Å²) in [5.74, 6) is 0.0000525. The normalized spacial score (nSPS) is 10.9. The van der Waals surface area contributed by atoms with E-state index in [2.05, 4.69) is 41.5 Å². The minimum atomic E-state index is 0.0000525. The highest BCUT2D eigenvalue weighted by atomic mass is 16.5. The fourth-order valence-electron chi connectivity index (χ4n) is 2.01. The summed E-state index contributed by atoms with van der Waals surface area (Å²) in [6.45, 7) is 14.0. The smallest absolute Gasteiger partial charge is 0.305 e. The highest BCUT2D eigenvalue weighted by molar-refractivity contribution is 5.69. The fraction of sp³-hybridized carbons (Fsp3) is 0.955. The molecule has 146 valence electrons. The molecule has 24 heavy (non-hydrogen) atoms. The van der Waals surface area contributed by atoms with Gasteiger partial charge < -0.3 is 4.74 Å². The number of unbranched alkanes of at least 4 members (excludes halogenated alkanes) is 9. The number of carbonyl (C=O) groups is 1. The average molecular weight is 343 g/mol. The van der Waals surface area contributed by atoms with Gasteiger partial charge in [0.1, 0.15) is 0 Å². The molecule has 0 aliphatic carbocycles. The summed E-state index contributed by atoms with van der Waals surface area (Å²) in [6, 6.07) is 0. The first-order valence-corrected chi connectivity index (χ1v) is 10.5. The summed E-state index contributed by atoms with van der Waals surface area (Å²) in [6.07, 6.45) is 15.3. The highest BCUT2D eigenvalue weighted by Crippen LogP contribution is 2.16. The summed E-state index contributed by atoms with van der Waals surface area (Å²) in [7, 11) is 0. The lowest BCUT2D eigenvalue weighted by Crippen LogP contribution is -2.05. The third-order valence-electron chi connectivity index (χ3n) is 4.31. The number of carbonyl (C=O) groups excluding carboxylic acids is 1. The molecular weight excluding hydrogens is 296 g/mol. The van der Waals surface area contributed by atoms with Crippen LogP contribution in [0, 0.1) is 5.41 Å². The van der Waals surface area contributed by atoms with Crippen LogP contribution in [0.25, 0.3) is 0 Å². The molecule has 0 unspecified atom stereocenters. The molecule has 0 aromatic carbocycles. The van der Waals surface area contributed by atoms with Crippen LogP contribution < -0.4 is 0 Å². The van der Waals surface area contributed by atoms with Crippen LogP contribution in [0.2, 0.25) is 0 Å². The van der Waals surface area contributed by atoms with E-state index in [1.165, 1.54) is 64.2 Å². The molecule has 0 N–H and O–H groups in total. The van der Waals surface area contributed by atoms with Gasteiger partial charge >= 0.3 is 5.97 Å². The maximum Gasteiger partial charge on any atom is 0.305 e. The first-order valence-electron chi connectivity index (χ1n) is 10.5. The minimum Gasteiger partial charge on any atom is -0.466 e. The van der Waals surface area contributed by atoms with E-state index in [0.717, 1.165) is 12.8 Å². The lowest BCUT2D eigenvalue weighted by atomic mass is 9.94. The number of hydrogen-bond acceptors (Lipinski definition) is 2. The maximum atomic E-state index is 11.4. The van der Waals surface area contributed by atoms with Gasteiger partial charge in [0.05, 0.1) is 6.61 Å². The van der Waals surface area contributed by atoms with Gasteiger partial charge in [-0.15, -0.1) is 0 Å². The number of esters is 1. The molecule has 0 aliphatic heterocycles. The van der Waals surface area contributed by atoms with E-state index in [0.29, 0.717) is 18.4 Å². The molecule has 0 amide bonds. The van der Waals surface area contributed by atoms with Crippen LogP contribution in [-0.2, 0) is 9.53 Å². The van der Waals surface area contributed by atoms with E-state index in [1.54, 1.807) is 0 Å². The molecule has 0 aromatic heterocycles. The largest absolute Gasteiger partial charge is 0.466 e. The average Bonchev–Trinajstić information content (AvgIpc) is 2.54. The van der Waals surface area contributed by atoms with Gasteiger partial charge in [-0.05, 0) is 18.3 Å². The SMILES string of the molecule is CCC(C)(C)C.CCCCCCCCOC(=O)CCCCCCC. The number of hydrogen-bond donors (Lipinski definition) is 0. The van der Waals surface area contributed by atoms with Crippen molar-refractivity contribution in [2.45, 2.75) is 125 Å². The summed E-state index contributed by atoms with van der Waals surface area (Å²) in [5.41, 5.74) is 0.542. The minimum absolute atomic E-state index is 0.0000525. The summed E-state index contributed by atoms with van der Waals surface area (Å²) >= 11 is 0. The summed E-state index contributed by atoms with van der Waals surface area (Å²) in [5, 5.41) is 0. The molecule has 0 saturated heterocycles. The third kappa shape index (κ3) is 26.4. The molecule has 0 radical (unpaired) electrons. The quantitative estimate of drug-likeness (QED) is 0.253. The molecule has 2 nitrogen and oxygen atoms in total. The van der Waals surface area contributed by atoms with Crippen molar-refractivity contribution < 1.29 is 9.53 Å². The zero-order valence-electron chi connectivity index (χ0n) is 17.7. The maximum absolute atomic E-state index is 11.4. The Morgan fingerprint density at radius 3 is 1.58 bits per heavy atom. The third-order valence-corrected chi connectivity index (χ3v) is 4.31. The van der Waals surface area contributed by atoms with E-state index in [1.807, 2.05) is 0 Å². The van der Waals surface area contributed by atoms with Crippen molar-refractivity contribution in [1.82, 2.24) is 0 Å². The molecule has 0 rings (SSSR count). The van der Waals surface area contributed by atoms with Crippen molar-refractivity contribution in [3.63, 3.8) is 0 Å². The molecule has 0 aliphatic rings. The first-order chi connectivity index (χ1) is 11.4. The van der Waals surface area contributed by atoms with Gasteiger partial charge in [0.15, 0.2) is 0 Å². The zero-order chi connectivity index (χ0) is 18.7. The van der Waals surface area contributed by atoms with Crippen LogP contribution in [0.5, 0.6) is 0 Å². The van der Waals surface area contributed by atoms with Crippen LogP contribution in [0.4, 0.5) is 0 Å². The Hall–Kier alpha value is -0.530. The lowest BCUT2D eigenvalue weighted by molar-refractivity contribution is -0.143. The molecule has 0 aromatic rings. The van der Waals surface area contributed by atoms with E-state index < -0.39 is 0 Å². The van der Waals surface area contributed by atoms with Crippen molar-refractivity contribution >= 4 is 5.97 Å². The monoisotopic (exact) mass is 342 g/mol.